The molecule has 0 aromatic carbocycles. The van der Waals surface area contributed by atoms with Crippen LogP contribution in [0.25, 0.3) is 5.82 Å². The van der Waals surface area contributed by atoms with Crippen molar-refractivity contribution in [3.05, 3.63) is 66.6 Å². The van der Waals surface area contributed by atoms with Crippen LogP contribution in [0, 0.1) is 0 Å². The summed E-state index contributed by atoms with van der Waals surface area (Å²) in [5, 5.41) is 7.55. The quantitative estimate of drug-likeness (QED) is 0.687. The summed E-state index contributed by atoms with van der Waals surface area (Å²) in [6.45, 7) is 1.72. The summed E-state index contributed by atoms with van der Waals surface area (Å²) in [7, 11) is 0. The molecule has 0 aliphatic carbocycles. The third kappa shape index (κ3) is 4.17. The van der Waals surface area contributed by atoms with Crippen LogP contribution in [0.2, 0.25) is 0 Å². The van der Waals surface area contributed by atoms with E-state index in [9.17, 15) is 4.79 Å². The normalized spacial score (nSPS) is 17.0. The summed E-state index contributed by atoms with van der Waals surface area (Å²) in [6.07, 6.45) is 6.71. The monoisotopic (exact) mass is 364 g/mol. The zero-order chi connectivity index (χ0) is 18.5. The van der Waals surface area contributed by atoms with Gasteiger partial charge in [-0.15, -0.1) is 10.2 Å². The van der Waals surface area contributed by atoms with E-state index < -0.39 is 0 Å². The predicted molar refractivity (Wildman–Crippen MR) is 97.1 cm³/mol. The second-order valence-corrected chi connectivity index (χ2v) is 6.40. The molecule has 27 heavy (non-hydrogen) atoms. The Hall–Kier alpha value is -3.13. The maximum atomic E-state index is 12.9. The lowest BCUT2D eigenvalue weighted by molar-refractivity contribution is -0.00800. The minimum atomic E-state index is -0.0870. The lowest BCUT2D eigenvalue weighted by Crippen LogP contribution is -2.43. The van der Waals surface area contributed by atoms with Crippen LogP contribution in [0.1, 0.15) is 29.0 Å². The number of carbonyl (C=O) groups is 1. The molecule has 1 saturated heterocycles. The molecule has 3 aromatic rings. The fourth-order valence-electron chi connectivity index (χ4n) is 3.11. The van der Waals surface area contributed by atoms with Gasteiger partial charge in [-0.25, -0.2) is 4.98 Å². The van der Waals surface area contributed by atoms with Gasteiger partial charge in [0.25, 0.3) is 5.91 Å². The molecular weight excluding hydrogens is 344 g/mol. The van der Waals surface area contributed by atoms with Crippen LogP contribution in [-0.4, -0.2) is 54.7 Å². The Balaban J connectivity index is 1.40. The molecule has 4 heterocycles. The zero-order valence-corrected chi connectivity index (χ0v) is 14.8. The first kappa shape index (κ1) is 17.3. The number of carbonyl (C=O) groups excluding carboxylic acids is 1. The molecule has 0 radical (unpaired) electrons. The Kier molecular flexibility index (Phi) is 5.15. The van der Waals surface area contributed by atoms with Crippen molar-refractivity contribution in [3.63, 3.8) is 0 Å². The zero-order valence-electron chi connectivity index (χ0n) is 14.8. The maximum Gasteiger partial charge on any atom is 0.272 e. The molecule has 0 spiro atoms. The smallest absolute Gasteiger partial charge is 0.272 e. The van der Waals surface area contributed by atoms with Crippen LogP contribution >= 0.6 is 0 Å². The Morgan fingerprint density at radius 1 is 1.15 bits per heavy atom. The largest absolute Gasteiger partial charge is 0.370 e. The Labute approximate surface area is 156 Å². The van der Waals surface area contributed by atoms with Crippen molar-refractivity contribution in [2.75, 3.05) is 13.1 Å². The standard InChI is InChI=1S/C19H20N6O2/c26-19(17-7-3-8-18(23-17)25-13-21-22-14-25)24-10-4-6-16(11-24)27-12-15-5-1-2-9-20-15/h1-3,5,7-9,13-14,16H,4,6,10-12H2. The second-order valence-electron chi connectivity index (χ2n) is 6.40. The predicted octanol–water partition coefficient (Wildman–Crippen LogP) is 1.88. The molecule has 1 unspecified atom stereocenters. The SMILES string of the molecule is O=C(c1cccc(-n2cnnc2)n1)N1CCCC(OCc2ccccn2)C1. The number of hydrogen-bond acceptors (Lipinski definition) is 6. The average Bonchev–Trinajstić information content (AvgIpc) is 3.28. The lowest BCUT2D eigenvalue weighted by atomic mass is 10.1. The molecule has 1 aliphatic heterocycles. The van der Waals surface area contributed by atoms with Gasteiger partial charge in [-0.05, 0) is 37.1 Å². The van der Waals surface area contributed by atoms with Gasteiger partial charge in [0.05, 0.1) is 18.4 Å². The number of amides is 1. The molecule has 4 rings (SSSR count). The first-order valence-corrected chi connectivity index (χ1v) is 8.92. The van der Waals surface area contributed by atoms with Gasteiger partial charge in [0.1, 0.15) is 24.2 Å². The van der Waals surface area contributed by atoms with Gasteiger partial charge in [-0.3, -0.25) is 14.3 Å². The number of pyridine rings is 2. The van der Waals surface area contributed by atoms with E-state index in [2.05, 4.69) is 20.2 Å². The minimum Gasteiger partial charge on any atom is -0.370 e. The Bertz CT molecular complexity index is 884. The molecular formula is C19H20N6O2. The average molecular weight is 364 g/mol. The van der Waals surface area contributed by atoms with Gasteiger partial charge in [0, 0.05) is 19.3 Å². The minimum absolute atomic E-state index is 0.00531. The van der Waals surface area contributed by atoms with Gasteiger partial charge in [-0.2, -0.15) is 0 Å². The molecule has 8 nitrogen and oxygen atoms in total. The van der Waals surface area contributed by atoms with E-state index in [1.165, 1.54) is 0 Å². The molecule has 0 bridgehead atoms. The third-order valence-electron chi connectivity index (χ3n) is 4.50. The molecule has 1 amide bonds. The van der Waals surface area contributed by atoms with Crippen LogP contribution in [0.5, 0.6) is 0 Å². The summed E-state index contributed by atoms with van der Waals surface area (Å²) in [4.78, 5) is 23.4. The molecule has 1 aliphatic rings. The van der Waals surface area contributed by atoms with E-state index >= 15 is 0 Å². The number of nitrogens with zero attached hydrogens (tertiary/aromatic N) is 6. The Morgan fingerprint density at radius 2 is 2.04 bits per heavy atom. The van der Waals surface area contributed by atoms with Crippen LogP contribution < -0.4 is 0 Å². The van der Waals surface area contributed by atoms with Crippen molar-refractivity contribution in [2.45, 2.75) is 25.6 Å². The summed E-state index contributed by atoms with van der Waals surface area (Å²) >= 11 is 0. The number of hydrogen-bond donors (Lipinski definition) is 0. The highest BCUT2D eigenvalue weighted by Crippen LogP contribution is 2.17. The number of ether oxygens (including phenoxy) is 1. The van der Waals surface area contributed by atoms with Crippen LogP contribution in [0.4, 0.5) is 0 Å². The molecule has 1 atom stereocenters. The van der Waals surface area contributed by atoms with Crippen LogP contribution in [0.3, 0.4) is 0 Å². The molecule has 0 N–H and O–H groups in total. The van der Waals surface area contributed by atoms with Gasteiger partial charge >= 0.3 is 0 Å². The Morgan fingerprint density at radius 3 is 2.85 bits per heavy atom. The van der Waals surface area contributed by atoms with Crippen molar-refractivity contribution in [1.29, 1.82) is 0 Å². The van der Waals surface area contributed by atoms with Crippen molar-refractivity contribution in [3.8, 4) is 5.82 Å². The highest BCUT2D eigenvalue weighted by molar-refractivity contribution is 5.92. The van der Waals surface area contributed by atoms with E-state index in [-0.39, 0.29) is 12.0 Å². The summed E-state index contributed by atoms with van der Waals surface area (Å²) < 4.78 is 7.64. The van der Waals surface area contributed by atoms with Gasteiger partial charge in [-0.1, -0.05) is 12.1 Å². The third-order valence-corrected chi connectivity index (χ3v) is 4.50. The second kappa shape index (κ2) is 8.05. The maximum absolute atomic E-state index is 12.9. The van der Waals surface area contributed by atoms with Gasteiger partial charge in [0.2, 0.25) is 0 Å². The van der Waals surface area contributed by atoms with E-state index in [0.29, 0.717) is 31.2 Å². The number of rotatable bonds is 5. The fourth-order valence-corrected chi connectivity index (χ4v) is 3.11. The van der Waals surface area contributed by atoms with Crippen molar-refractivity contribution in [1.82, 2.24) is 29.6 Å². The summed E-state index contributed by atoms with van der Waals surface area (Å²) in [5.41, 5.74) is 1.30. The number of piperidine rings is 1. The number of likely N-dealkylation sites (tertiary alicyclic amines) is 1. The first-order valence-electron chi connectivity index (χ1n) is 8.92. The fraction of sp³-hybridized carbons (Fsp3) is 0.316. The highest BCUT2D eigenvalue weighted by Gasteiger charge is 2.26. The van der Waals surface area contributed by atoms with Crippen molar-refractivity contribution < 1.29 is 9.53 Å². The van der Waals surface area contributed by atoms with Crippen molar-refractivity contribution in [2.24, 2.45) is 0 Å². The van der Waals surface area contributed by atoms with E-state index in [1.54, 1.807) is 29.5 Å². The number of aromatic nitrogens is 5. The molecule has 8 heteroatoms. The topological polar surface area (TPSA) is 86.0 Å². The first-order chi connectivity index (χ1) is 13.3. The van der Waals surface area contributed by atoms with E-state index in [1.807, 2.05) is 35.2 Å². The summed E-state index contributed by atoms with van der Waals surface area (Å²) in [5.74, 6) is 0.530. The molecule has 3 aromatic heterocycles. The van der Waals surface area contributed by atoms with Gasteiger partial charge < -0.3 is 9.64 Å². The van der Waals surface area contributed by atoms with Crippen LogP contribution in [-0.2, 0) is 11.3 Å². The summed E-state index contributed by atoms with van der Waals surface area (Å²) in [6, 6.07) is 11.1. The van der Waals surface area contributed by atoms with Crippen molar-refractivity contribution >= 4 is 5.91 Å². The highest BCUT2D eigenvalue weighted by atomic mass is 16.5. The van der Waals surface area contributed by atoms with E-state index in [4.69, 9.17) is 4.74 Å². The molecule has 138 valence electrons. The van der Waals surface area contributed by atoms with Crippen LogP contribution in [0.15, 0.2) is 55.2 Å². The molecule has 1 fully saturated rings. The van der Waals surface area contributed by atoms with E-state index in [0.717, 1.165) is 18.5 Å². The lowest BCUT2D eigenvalue weighted by Gasteiger charge is -2.32. The molecule has 0 saturated carbocycles. The van der Waals surface area contributed by atoms with Gasteiger partial charge in [0.15, 0.2) is 0 Å².